The first-order valence-electron chi connectivity index (χ1n) is 11.7. The number of ketones is 1. The molecule has 34 heavy (non-hydrogen) atoms. The van der Waals surface area contributed by atoms with Gasteiger partial charge in [-0.3, -0.25) is 9.59 Å². The van der Waals surface area contributed by atoms with Gasteiger partial charge in [-0.15, -0.1) is 0 Å². The summed E-state index contributed by atoms with van der Waals surface area (Å²) in [6.45, 7) is 6.43. The molecular formula is C28H32FNO4. The third kappa shape index (κ3) is 6.20. The van der Waals surface area contributed by atoms with Gasteiger partial charge in [0.15, 0.2) is 0 Å². The van der Waals surface area contributed by atoms with Crippen LogP contribution in [0.1, 0.15) is 58.2 Å². The second kappa shape index (κ2) is 11.7. The quantitative estimate of drug-likeness (QED) is 0.211. The van der Waals surface area contributed by atoms with Crippen LogP contribution >= 0.6 is 0 Å². The van der Waals surface area contributed by atoms with Gasteiger partial charge in [0, 0.05) is 34.6 Å². The van der Waals surface area contributed by atoms with Crippen LogP contribution < -0.4 is 0 Å². The zero-order valence-electron chi connectivity index (χ0n) is 20.0. The summed E-state index contributed by atoms with van der Waals surface area (Å²) < 4.78 is 20.8. The Hall–Kier alpha value is -3.25. The molecule has 6 heteroatoms. The topological polar surface area (TPSA) is 68.5 Å². The number of Topliss-reactive ketones (excluding diaryl/α,β-unsaturated/α-hetero) is 1. The molecule has 0 fully saturated rings. The summed E-state index contributed by atoms with van der Waals surface area (Å²) in [7, 11) is 0. The molecule has 0 aliphatic rings. The number of benzene rings is 2. The monoisotopic (exact) mass is 465 g/mol. The first-order chi connectivity index (χ1) is 16.3. The van der Waals surface area contributed by atoms with Crippen molar-refractivity contribution in [2.75, 3.05) is 6.61 Å². The van der Waals surface area contributed by atoms with E-state index in [1.54, 1.807) is 24.3 Å². The molecule has 3 rings (SSSR count). The lowest BCUT2D eigenvalue weighted by atomic mass is 10.0. The number of rotatable bonds is 11. The third-order valence-electron chi connectivity index (χ3n) is 5.61. The van der Waals surface area contributed by atoms with E-state index in [0.29, 0.717) is 6.61 Å². The van der Waals surface area contributed by atoms with Crippen LogP contribution in [0.4, 0.5) is 4.39 Å². The number of hydrogen-bond acceptors (Lipinski definition) is 4. The first-order valence-corrected chi connectivity index (χ1v) is 11.7. The van der Waals surface area contributed by atoms with Crippen molar-refractivity contribution in [3.05, 3.63) is 66.1 Å². The standard InChI is InChI=1S/C28H32FNO4/c1-4-5-16-34-27(33)18-23(32)17-22(31)14-15-26-28(20-10-12-21(29)13-11-20)24-8-6-7-9-25(24)30(26)19(2)3/h6-15,19,22,31H,4-5,16-18H2,1-3H3/b15-14+. The van der Waals surface area contributed by atoms with Crippen LogP contribution in [0.25, 0.3) is 28.1 Å². The lowest BCUT2D eigenvalue weighted by molar-refractivity contribution is -0.146. The molecule has 1 aromatic heterocycles. The zero-order valence-corrected chi connectivity index (χ0v) is 20.0. The van der Waals surface area contributed by atoms with E-state index >= 15 is 0 Å². The first kappa shape index (κ1) is 25.4. The Labute approximate surface area is 199 Å². The molecule has 5 nitrogen and oxygen atoms in total. The Balaban J connectivity index is 1.87. The fraction of sp³-hybridized carbons (Fsp3) is 0.357. The summed E-state index contributed by atoms with van der Waals surface area (Å²) >= 11 is 0. The summed E-state index contributed by atoms with van der Waals surface area (Å²) in [5.41, 5.74) is 3.67. The van der Waals surface area contributed by atoms with E-state index in [1.165, 1.54) is 12.1 Å². The van der Waals surface area contributed by atoms with E-state index in [-0.39, 0.29) is 30.5 Å². The van der Waals surface area contributed by atoms with Gasteiger partial charge in [-0.25, -0.2) is 4.39 Å². The van der Waals surface area contributed by atoms with Crippen molar-refractivity contribution in [3.8, 4) is 11.1 Å². The van der Waals surface area contributed by atoms with Gasteiger partial charge in [0.2, 0.25) is 0 Å². The molecule has 0 aliphatic carbocycles. The molecule has 0 aliphatic heterocycles. The maximum atomic E-state index is 13.6. The van der Waals surface area contributed by atoms with E-state index in [9.17, 15) is 19.1 Å². The number of fused-ring (bicyclic) bond motifs is 1. The molecule has 180 valence electrons. The van der Waals surface area contributed by atoms with E-state index in [2.05, 4.69) is 18.4 Å². The maximum absolute atomic E-state index is 13.6. The van der Waals surface area contributed by atoms with Crippen molar-refractivity contribution in [1.29, 1.82) is 0 Å². The molecular weight excluding hydrogens is 433 g/mol. The number of carbonyl (C=O) groups is 2. The highest BCUT2D eigenvalue weighted by Gasteiger charge is 2.19. The fourth-order valence-electron chi connectivity index (χ4n) is 4.04. The highest BCUT2D eigenvalue weighted by Crippen LogP contribution is 2.38. The van der Waals surface area contributed by atoms with Gasteiger partial charge in [0.05, 0.1) is 12.7 Å². The molecule has 3 aromatic rings. The molecule has 0 amide bonds. The average Bonchev–Trinajstić information content (AvgIpc) is 3.12. The Kier molecular flexibility index (Phi) is 8.77. The number of aliphatic hydroxyl groups excluding tert-OH is 1. The van der Waals surface area contributed by atoms with Gasteiger partial charge in [-0.05, 0) is 50.1 Å². The Morgan fingerprint density at radius 3 is 2.50 bits per heavy atom. The number of hydrogen-bond donors (Lipinski definition) is 1. The van der Waals surface area contributed by atoms with E-state index in [0.717, 1.165) is 40.6 Å². The number of unbranched alkanes of at least 4 members (excludes halogenated alkanes) is 1. The van der Waals surface area contributed by atoms with Crippen molar-refractivity contribution in [2.45, 2.75) is 58.6 Å². The highest BCUT2D eigenvalue weighted by molar-refractivity contribution is 6.01. The molecule has 1 heterocycles. The summed E-state index contributed by atoms with van der Waals surface area (Å²) in [6, 6.07) is 14.4. The number of nitrogens with zero attached hydrogens (tertiary/aromatic N) is 1. The predicted molar refractivity (Wildman–Crippen MR) is 133 cm³/mol. The van der Waals surface area contributed by atoms with E-state index in [1.807, 2.05) is 31.2 Å². The molecule has 1 atom stereocenters. The molecule has 2 aromatic carbocycles. The minimum atomic E-state index is -1.05. The predicted octanol–water partition coefficient (Wildman–Crippen LogP) is 6.10. The third-order valence-corrected chi connectivity index (χ3v) is 5.61. The molecule has 1 N–H and O–H groups in total. The van der Waals surface area contributed by atoms with Crippen LogP contribution in [0.3, 0.4) is 0 Å². The molecule has 0 radical (unpaired) electrons. The number of aliphatic hydroxyl groups is 1. The average molecular weight is 466 g/mol. The Morgan fingerprint density at radius 2 is 1.82 bits per heavy atom. The summed E-state index contributed by atoms with van der Waals surface area (Å²) in [6.07, 6.45) is 3.46. The van der Waals surface area contributed by atoms with Crippen LogP contribution in [0.15, 0.2) is 54.6 Å². The van der Waals surface area contributed by atoms with Crippen molar-refractivity contribution in [2.24, 2.45) is 0 Å². The van der Waals surface area contributed by atoms with E-state index < -0.39 is 12.1 Å². The number of aromatic nitrogens is 1. The molecule has 1 unspecified atom stereocenters. The van der Waals surface area contributed by atoms with Crippen molar-refractivity contribution in [3.63, 3.8) is 0 Å². The SMILES string of the molecule is CCCCOC(=O)CC(=O)CC(O)/C=C/c1c(-c2ccc(F)cc2)c2ccccc2n1C(C)C. The lowest BCUT2D eigenvalue weighted by Gasteiger charge is -2.14. The van der Waals surface area contributed by atoms with Gasteiger partial charge in [0.25, 0.3) is 0 Å². The van der Waals surface area contributed by atoms with Gasteiger partial charge >= 0.3 is 5.97 Å². The van der Waals surface area contributed by atoms with Crippen LogP contribution in [-0.2, 0) is 14.3 Å². The lowest BCUT2D eigenvalue weighted by Crippen LogP contribution is -2.16. The second-order valence-electron chi connectivity index (χ2n) is 8.67. The smallest absolute Gasteiger partial charge is 0.313 e. The highest BCUT2D eigenvalue weighted by atomic mass is 19.1. The van der Waals surface area contributed by atoms with Crippen LogP contribution in [0.2, 0.25) is 0 Å². The minimum absolute atomic E-state index is 0.121. The minimum Gasteiger partial charge on any atom is -0.465 e. The number of carbonyl (C=O) groups excluding carboxylic acids is 2. The number of ether oxygens (including phenoxy) is 1. The summed E-state index contributed by atoms with van der Waals surface area (Å²) in [5, 5.41) is 11.5. The van der Waals surface area contributed by atoms with Crippen molar-refractivity contribution >= 4 is 28.7 Å². The fourth-order valence-corrected chi connectivity index (χ4v) is 4.04. The molecule has 0 saturated carbocycles. The van der Waals surface area contributed by atoms with Crippen LogP contribution in [0, 0.1) is 5.82 Å². The van der Waals surface area contributed by atoms with Crippen LogP contribution in [-0.4, -0.2) is 34.1 Å². The normalized spacial score (nSPS) is 12.5. The number of para-hydroxylation sites is 1. The van der Waals surface area contributed by atoms with Crippen LogP contribution in [0.5, 0.6) is 0 Å². The second-order valence-corrected chi connectivity index (χ2v) is 8.67. The zero-order chi connectivity index (χ0) is 24.7. The van der Waals surface area contributed by atoms with E-state index in [4.69, 9.17) is 4.74 Å². The van der Waals surface area contributed by atoms with Gasteiger partial charge in [-0.2, -0.15) is 0 Å². The van der Waals surface area contributed by atoms with Crippen molar-refractivity contribution < 1.29 is 23.8 Å². The van der Waals surface area contributed by atoms with Gasteiger partial charge < -0.3 is 14.4 Å². The molecule has 0 bridgehead atoms. The summed E-state index contributed by atoms with van der Waals surface area (Å²) in [4.78, 5) is 24.0. The Bertz CT molecular complexity index is 1160. The molecule has 0 saturated heterocycles. The number of esters is 1. The van der Waals surface area contributed by atoms with Gasteiger partial charge in [-0.1, -0.05) is 49.8 Å². The Morgan fingerprint density at radius 1 is 1.12 bits per heavy atom. The number of halogens is 1. The van der Waals surface area contributed by atoms with Crippen molar-refractivity contribution in [1.82, 2.24) is 4.57 Å². The largest absolute Gasteiger partial charge is 0.465 e. The molecule has 0 spiro atoms. The summed E-state index contributed by atoms with van der Waals surface area (Å²) in [5.74, 6) is -1.24. The maximum Gasteiger partial charge on any atom is 0.313 e. The van der Waals surface area contributed by atoms with Gasteiger partial charge in [0.1, 0.15) is 18.0 Å².